The molecule has 1 aromatic heterocycles. The molecule has 0 aliphatic heterocycles. The maximum atomic E-state index is 3.32. The average molecular weight is 538 g/mol. The van der Waals surface area contributed by atoms with Crippen LogP contribution in [0.5, 0.6) is 0 Å². The molecule has 15 heavy (non-hydrogen) atoms. The Morgan fingerprint density at radius 2 is 1.27 bits per heavy atom. The van der Waals surface area contributed by atoms with Crippen molar-refractivity contribution in [2.24, 2.45) is 0 Å². The smallest absolute Gasteiger partial charge is 0 e. The van der Waals surface area contributed by atoms with Crippen molar-refractivity contribution in [1.29, 1.82) is 0 Å². The van der Waals surface area contributed by atoms with Gasteiger partial charge >= 0.3 is 0 Å². The molecule has 3 rings (SSSR count). The first-order valence-corrected chi connectivity index (χ1v) is 4.24. The number of hydrogen-bond donors (Lipinski definition) is 1. The van der Waals surface area contributed by atoms with Crippen LogP contribution >= 0.6 is 0 Å². The third-order valence-corrected chi connectivity index (χ3v) is 2.23. The number of aromatic nitrogens is 1. The number of aromatic amines is 1. The molecule has 0 saturated heterocycles. The predicted molar refractivity (Wildman–Crippen MR) is 53.5 cm³/mol. The number of fused-ring (bicyclic) bond motifs is 3. The van der Waals surface area contributed by atoms with Gasteiger partial charge in [0.25, 0.3) is 0 Å². The minimum absolute atomic E-state index is 0. The van der Waals surface area contributed by atoms with Crippen molar-refractivity contribution in [3.63, 3.8) is 0 Å². The third-order valence-electron chi connectivity index (χ3n) is 2.23. The van der Waals surface area contributed by atoms with Gasteiger partial charge in [-0.1, -0.05) is 11.0 Å². The zero-order chi connectivity index (χ0) is 8.67. The van der Waals surface area contributed by atoms with Crippen molar-refractivity contribution < 1.29 is 40.8 Å². The van der Waals surface area contributed by atoms with Crippen molar-refractivity contribution in [2.75, 3.05) is 0 Å². The molecule has 3 aromatic rings. The number of hydrogen-bond acceptors (Lipinski definition) is 0. The van der Waals surface area contributed by atoms with E-state index in [9.17, 15) is 0 Å². The van der Waals surface area contributed by atoms with Crippen molar-refractivity contribution in [1.82, 2.24) is 4.98 Å². The molecule has 0 saturated carbocycles. The quantitative estimate of drug-likeness (QED) is 0.425. The van der Waals surface area contributed by atoms with Crippen LogP contribution in [0.4, 0.5) is 0 Å². The van der Waals surface area contributed by atoms with Crippen LogP contribution in [-0.4, -0.2) is 4.98 Å². The SMILES string of the molecule is [Re].[Re].[c-]1cccc2[nH]c3ccc[c-]c3c12. The predicted octanol–water partition coefficient (Wildman–Crippen LogP) is 2.92. The van der Waals surface area contributed by atoms with Crippen molar-refractivity contribution in [3.05, 3.63) is 48.5 Å². The molecule has 0 unspecified atom stereocenters. The van der Waals surface area contributed by atoms with Gasteiger partial charge in [-0.3, -0.25) is 0 Å². The Morgan fingerprint density at radius 3 is 1.73 bits per heavy atom. The molecule has 3 heteroatoms. The van der Waals surface area contributed by atoms with Crippen LogP contribution in [0.1, 0.15) is 0 Å². The maximum Gasteiger partial charge on any atom is 0 e. The minimum Gasteiger partial charge on any atom is -0.450 e. The Balaban J connectivity index is 0.000000562. The molecule has 1 heterocycles. The molecular weight excluding hydrogens is 531 g/mol. The molecule has 0 spiro atoms. The Labute approximate surface area is 116 Å². The monoisotopic (exact) mass is 539 g/mol. The van der Waals surface area contributed by atoms with Gasteiger partial charge in [-0.2, -0.15) is 24.3 Å². The van der Waals surface area contributed by atoms with Crippen LogP contribution in [0.25, 0.3) is 21.8 Å². The van der Waals surface area contributed by atoms with Crippen LogP contribution in [0.2, 0.25) is 0 Å². The first kappa shape index (κ1) is 12.6. The molecule has 0 atom stereocenters. The van der Waals surface area contributed by atoms with Crippen molar-refractivity contribution in [2.45, 2.75) is 0 Å². The summed E-state index contributed by atoms with van der Waals surface area (Å²) < 4.78 is 0. The zero-order valence-corrected chi connectivity index (χ0v) is 13.2. The van der Waals surface area contributed by atoms with E-state index in [1.54, 1.807) is 0 Å². The van der Waals surface area contributed by atoms with Gasteiger partial charge in [0.15, 0.2) is 0 Å². The topological polar surface area (TPSA) is 15.8 Å². The summed E-state index contributed by atoms with van der Waals surface area (Å²) in [6, 6.07) is 18.4. The Bertz CT molecular complexity index is 521. The second-order valence-corrected chi connectivity index (χ2v) is 3.04. The van der Waals surface area contributed by atoms with E-state index in [1.807, 2.05) is 24.3 Å². The van der Waals surface area contributed by atoms with Crippen LogP contribution in [0.3, 0.4) is 0 Å². The molecule has 2 radical (unpaired) electrons. The molecular formula is C12H7NRe2-2. The summed E-state index contributed by atoms with van der Waals surface area (Å²) in [6.45, 7) is 0. The first-order chi connectivity index (χ1) is 6.45. The first-order valence-electron chi connectivity index (χ1n) is 4.24. The van der Waals surface area contributed by atoms with Gasteiger partial charge in [0.2, 0.25) is 0 Å². The molecule has 0 aliphatic rings. The normalized spacial score (nSPS) is 9.60. The molecule has 0 aliphatic carbocycles. The van der Waals surface area contributed by atoms with E-state index in [0.717, 1.165) is 21.8 Å². The van der Waals surface area contributed by atoms with E-state index in [1.165, 1.54) is 0 Å². The van der Waals surface area contributed by atoms with Gasteiger partial charge in [0.05, 0.1) is 0 Å². The van der Waals surface area contributed by atoms with Crippen LogP contribution in [-0.2, 0) is 40.8 Å². The van der Waals surface area contributed by atoms with Crippen LogP contribution < -0.4 is 0 Å². The van der Waals surface area contributed by atoms with E-state index in [2.05, 4.69) is 29.2 Å². The Morgan fingerprint density at radius 1 is 0.800 bits per heavy atom. The summed E-state index contributed by atoms with van der Waals surface area (Å²) in [6.07, 6.45) is 0. The summed E-state index contributed by atoms with van der Waals surface area (Å²) in [5, 5.41) is 2.25. The second kappa shape index (κ2) is 5.06. The fraction of sp³-hybridized carbons (Fsp3) is 0. The van der Waals surface area contributed by atoms with Gasteiger partial charge in [0.1, 0.15) is 0 Å². The van der Waals surface area contributed by atoms with Gasteiger partial charge in [-0.25, -0.2) is 10.8 Å². The number of benzene rings is 2. The standard InChI is InChI=1S/C12H7N.2Re/c1-3-7-11-9(5-1)10-6-2-4-8-12(10)13-11;;/h1-4,7-8,13H;;/q-2;;. The van der Waals surface area contributed by atoms with Gasteiger partial charge in [-0.05, 0) is 0 Å². The zero-order valence-electron chi connectivity index (χ0n) is 7.72. The van der Waals surface area contributed by atoms with E-state index >= 15 is 0 Å². The summed E-state index contributed by atoms with van der Waals surface area (Å²) in [5.41, 5.74) is 2.25. The van der Waals surface area contributed by atoms with E-state index in [0.29, 0.717) is 0 Å². The van der Waals surface area contributed by atoms with Crippen LogP contribution in [0.15, 0.2) is 36.4 Å². The second-order valence-electron chi connectivity index (χ2n) is 3.04. The van der Waals surface area contributed by atoms with E-state index < -0.39 is 0 Å². The fourth-order valence-corrected chi connectivity index (χ4v) is 1.64. The number of nitrogens with one attached hydrogen (secondary N) is 1. The molecule has 76 valence electrons. The summed E-state index contributed by atoms with van der Waals surface area (Å²) in [4.78, 5) is 3.32. The summed E-state index contributed by atoms with van der Waals surface area (Å²) >= 11 is 0. The number of rotatable bonds is 0. The molecule has 2 aromatic carbocycles. The summed E-state index contributed by atoms with van der Waals surface area (Å²) in [7, 11) is 0. The van der Waals surface area contributed by atoms with Crippen molar-refractivity contribution >= 4 is 21.8 Å². The maximum absolute atomic E-state index is 3.32. The largest absolute Gasteiger partial charge is 0.450 e. The molecule has 0 fully saturated rings. The molecule has 1 N–H and O–H groups in total. The fourth-order valence-electron chi connectivity index (χ4n) is 1.64. The van der Waals surface area contributed by atoms with Gasteiger partial charge < -0.3 is 4.98 Å². The van der Waals surface area contributed by atoms with E-state index in [-0.39, 0.29) is 40.8 Å². The van der Waals surface area contributed by atoms with Gasteiger partial charge in [0, 0.05) is 40.8 Å². The molecule has 0 amide bonds. The third kappa shape index (κ3) is 2.08. The average Bonchev–Trinajstić information content (AvgIpc) is 2.56. The summed E-state index contributed by atoms with van der Waals surface area (Å²) in [5.74, 6) is 0. The van der Waals surface area contributed by atoms with Gasteiger partial charge in [-0.15, -0.1) is 24.3 Å². The van der Waals surface area contributed by atoms with E-state index in [4.69, 9.17) is 0 Å². The molecule has 0 bridgehead atoms. The minimum atomic E-state index is 0. The Hall–Kier alpha value is -0.435. The number of H-pyrrole nitrogens is 1. The Kier molecular flexibility index (Phi) is 4.26. The molecule has 1 nitrogen and oxygen atoms in total. The van der Waals surface area contributed by atoms with Crippen LogP contribution in [0, 0.1) is 12.1 Å². The van der Waals surface area contributed by atoms with Crippen molar-refractivity contribution in [3.8, 4) is 0 Å².